The van der Waals surface area contributed by atoms with Crippen LogP contribution in [0.15, 0.2) is 10.9 Å². The fourth-order valence-corrected chi connectivity index (χ4v) is 14.9. The summed E-state index contributed by atoms with van der Waals surface area (Å²) in [5.74, 6) is 0. The molecule has 0 spiro atoms. The molecule has 0 N–H and O–H groups in total. The van der Waals surface area contributed by atoms with Gasteiger partial charge in [-0.3, -0.25) is 0 Å². The summed E-state index contributed by atoms with van der Waals surface area (Å²) >= 11 is 0. The van der Waals surface area contributed by atoms with E-state index in [9.17, 15) is 0 Å². The third kappa shape index (κ3) is 4.18. The van der Waals surface area contributed by atoms with E-state index in [0.29, 0.717) is 10.1 Å². The van der Waals surface area contributed by atoms with Crippen LogP contribution < -0.4 is 0 Å². The number of rotatable bonds is 5. The molecule has 0 radical (unpaired) electrons. The molecule has 0 saturated carbocycles. The lowest BCUT2D eigenvalue weighted by atomic mass is 10.2. The van der Waals surface area contributed by atoms with Gasteiger partial charge < -0.3 is 4.23 Å². The minimum atomic E-state index is -1.58. The second-order valence-corrected chi connectivity index (χ2v) is 21.7. The molecule has 0 aliphatic carbocycles. The molecule has 0 aromatic heterocycles. The molecule has 0 aromatic carbocycles. The first kappa shape index (κ1) is 22.2. The van der Waals surface area contributed by atoms with Gasteiger partial charge in [0.25, 0.3) is 0 Å². The lowest BCUT2D eigenvalue weighted by Gasteiger charge is -2.59. The van der Waals surface area contributed by atoms with Crippen LogP contribution in [-0.4, -0.2) is 30.9 Å². The van der Waals surface area contributed by atoms with Crippen LogP contribution in [0.2, 0.25) is 36.3 Å². The maximum atomic E-state index is 3.06. The van der Waals surface area contributed by atoms with Gasteiger partial charge in [0.1, 0.15) is 16.5 Å². The first-order chi connectivity index (χ1) is 9.55. The average molecular weight is 358 g/mol. The summed E-state index contributed by atoms with van der Waals surface area (Å²) < 4.78 is 3.06. The van der Waals surface area contributed by atoms with Crippen LogP contribution in [0, 0.1) is 0 Å². The summed E-state index contributed by atoms with van der Waals surface area (Å²) in [4.78, 5) is 0. The van der Waals surface area contributed by atoms with Gasteiger partial charge in [-0.1, -0.05) is 86.8 Å². The Morgan fingerprint density at radius 1 is 0.773 bits per heavy atom. The second-order valence-electron chi connectivity index (χ2n) is 9.89. The lowest BCUT2D eigenvalue weighted by Crippen LogP contribution is -2.67. The Kier molecular flexibility index (Phi) is 7.04. The fraction of sp³-hybridized carbons (Fsp3) is 0.889. The van der Waals surface area contributed by atoms with Crippen molar-refractivity contribution in [3.8, 4) is 0 Å². The molecule has 0 bridgehead atoms. The van der Waals surface area contributed by atoms with Crippen molar-refractivity contribution in [1.82, 2.24) is 4.23 Å². The smallest absolute Gasteiger partial charge is 0.146 e. The minimum absolute atomic E-state index is 0.387. The predicted molar refractivity (Wildman–Crippen MR) is 114 cm³/mol. The van der Waals surface area contributed by atoms with Crippen LogP contribution in [-0.2, 0) is 0 Å². The van der Waals surface area contributed by atoms with E-state index >= 15 is 0 Å². The van der Waals surface area contributed by atoms with E-state index < -0.39 is 16.5 Å². The van der Waals surface area contributed by atoms with E-state index in [2.05, 4.69) is 85.8 Å². The van der Waals surface area contributed by atoms with Crippen molar-refractivity contribution in [2.24, 2.45) is 0 Å². The maximum Gasteiger partial charge on any atom is 0.146 e. The van der Waals surface area contributed by atoms with E-state index in [-0.39, 0.29) is 0 Å². The topological polar surface area (TPSA) is 3.24 Å². The predicted octanol–water partition coefficient (Wildman–Crippen LogP) is 5.70. The van der Waals surface area contributed by atoms with Gasteiger partial charge in [0.2, 0.25) is 0 Å². The summed E-state index contributed by atoms with van der Waals surface area (Å²) in [5.41, 5.74) is 1.72. The summed E-state index contributed by atoms with van der Waals surface area (Å²) in [5, 5.41) is 2.51. The monoisotopic (exact) mass is 357 g/mol. The van der Waals surface area contributed by atoms with E-state index in [1.165, 1.54) is 23.1 Å². The number of allylic oxidation sites excluding steroid dienone is 2. The van der Waals surface area contributed by atoms with Crippen molar-refractivity contribution in [3.05, 3.63) is 10.9 Å². The maximum absolute atomic E-state index is 3.06. The number of hydrogen-bond donors (Lipinski definition) is 0. The molecule has 0 unspecified atom stereocenters. The normalized spacial score (nSPS) is 15.8. The number of hydrogen-bond acceptors (Lipinski definition) is 1. The second kappa shape index (κ2) is 6.98. The van der Waals surface area contributed by atoms with E-state index in [1.54, 1.807) is 10.9 Å². The molecule has 0 rings (SSSR count). The van der Waals surface area contributed by atoms with Crippen molar-refractivity contribution >= 4 is 26.7 Å². The molecule has 0 aliphatic heterocycles. The van der Waals surface area contributed by atoms with Gasteiger partial charge in [0.15, 0.2) is 0 Å². The van der Waals surface area contributed by atoms with Gasteiger partial charge in [-0.25, -0.2) is 0 Å². The summed E-state index contributed by atoms with van der Waals surface area (Å²) in [6.45, 7) is 29.9. The first-order valence-electron chi connectivity index (χ1n) is 9.04. The van der Waals surface area contributed by atoms with Crippen molar-refractivity contribution in [3.63, 3.8) is 0 Å². The van der Waals surface area contributed by atoms with Crippen LogP contribution in [0.1, 0.15) is 68.2 Å². The molecule has 0 atom stereocenters. The molecule has 0 aromatic rings. The zero-order valence-corrected chi connectivity index (χ0v) is 21.9. The average Bonchev–Trinajstić information content (AvgIpc) is 2.31. The van der Waals surface area contributed by atoms with Crippen molar-refractivity contribution in [2.75, 3.05) is 0 Å². The molecular weight excluding hydrogens is 314 g/mol. The van der Waals surface area contributed by atoms with Crippen molar-refractivity contribution < 1.29 is 0 Å². The molecule has 0 amide bonds. The van der Waals surface area contributed by atoms with Gasteiger partial charge in [0, 0.05) is 10.2 Å². The lowest BCUT2D eigenvalue weighted by molar-refractivity contribution is 0.561. The van der Waals surface area contributed by atoms with Gasteiger partial charge in [-0.05, 0) is 28.6 Å². The van der Waals surface area contributed by atoms with Gasteiger partial charge in [0.05, 0.1) is 0 Å². The van der Waals surface area contributed by atoms with Crippen LogP contribution in [0.4, 0.5) is 0 Å². The first-order valence-corrected chi connectivity index (χ1v) is 15.9. The molecule has 0 saturated heterocycles. The largest absolute Gasteiger partial charge is 0.427 e. The summed E-state index contributed by atoms with van der Waals surface area (Å²) in [7, 11) is -1.96. The highest BCUT2D eigenvalue weighted by Crippen LogP contribution is 2.49. The zero-order valence-electron chi connectivity index (χ0n) is 17.9. The van der Waals surface area contributed by atoms with Gasteiger partial charge >= 0.3 is 0 Å². The van der Waals surface area contributed by atoms with Crippen LogP contribution >= 0.6 is 0 Å². The minimum Gasteiger partial charge on any atom is -0.427 e. The Balaban J connectivity index is 6.51. The Morgan fingerprint density at radius 3 is 1.27 bits per heavy atom. The van der Waals surface area contributed by atoms with Crippen LogP contribution in [0.3, 0.4) is 0 Å². The molecule has 0 heterocycles. The summed E-state index contributed by atoms with van der Waals surface area (Å²) in [6.07, 6.45) is 2.43. The molecular formula is C18H43NSi3. The molecule has 1 nitrogen and oxygen atoms in total. The van der Waals surface area contributed by atoms with Gasteiger partial charge in [-0.15, -0.1) is 0 Å². The van der Waals surface area contributed by atoms with Crippen LogP contribution in [0.25, 0.3) is 0 Å². The molecule has 4 heteroatoms. The Bertz CT molecular complexity index is 383. The standard InChI is InChI=1S/C18H43NSi3/c1-13-15(16(20)14-2)19(21(9,10)17(3,4)5)22(11,12)18(6,7)8/h13-14H2,1-12,20H3. The summed E-state index contributed by atoms with van der Waals surface area (Å²) in [6, 6.07) is 0. The van der Waals surface area contributed by atoms with E-state index in [0.717, 1.165) is 0 Å². The SMILES string of the molecule is CCC([SiH3])=C(CC)N([Si](C)(C)C(C)(C)C)[Si](C)(C)C(C)(C)C. The Hall–Kier alpha value is 0.191. The highest BCUT2D eigenvalue weighted by Gasteiger charge is 2.52. The highest BCUT2D eigenvalue weighted by molar-refractivity contribution is 6.93. The molecule has 0 fully saturated rings. The van der Waals surface area contributed by atoms with Gasteiger partial charge in [-0.2, -0.15) is 0 Å². The Labute approximate surface area is 146 Å². The third-order valence-electron chi connectivity index (χ3n) is 6.42. The number of nitrogens with zero attached hydrogens (tertiary/aromatic N) is 1. The molecule has 22 heavy (non-hydrogen) atoms. The van der Waals surface area contributed by atoms with Crippen LogP contribution in [0.5, 0.6) is 0 Å². The third-order valence-corrected chi connectivity index (χ3v) is 21.2. The Morgan fingerprint density at radius 2 is 1.09 bits per heavy atom. The van der Waals surface area contributed by atoms with E-state index in [1.807, 2.05) is 0 Å². The fourth-order valence-electron chi connectivity index (χ4n) is 2.90. The highest BCUT2D eigenvalue weighted by atomic mass is 28.4. The quantitative estimate of drug-likeness (QED) is 0.571. The molecule has 132 valence electrons. The molecule has 0 aliphatic rings. The zero-order chi connectivity index (χ0) is 18.1. The van der Waals surface area contributed by atoms with Crippen molar-refractivity contribution in [1.29, 1.82) is 0 Å². The van der Waals surface area contributed by atoms with E-state index in [4.69, 9.17) is 0 Å². The van der Waals surface area contributed by atoms with Crippen molar-refractivity contribution in [2.45, 2.75) is 104 Å².